The molecule has 0 heterocycles. The van der Waals surface area contributed by atoms with Crippen LogP contribution in [0.4, 0.5) is 0 Å². The fourth-order valence-electron chi connectivity index (χ4n) is 1.62. The van der Waals surface area contributed by atoms with Gasteiger partial charge in [0.15, 0.2) is 18.1 Å². The Labute approximate surface area is 120 Å². The molecule has 20 heavy (non-hydrogen) atoms. The molecular weight excluding hydrogens is 256 g/mol. The highest BCUT2D eigenvalue weighted by molar-refractivity contribution is 5.77. The van der Waals surface area contributed by atoms with E-state index in [0.717, 1.165) is 5.56 Å². The lowest BCUT2D eigenvalue weighted by atomic mass is 10.1. The molecule has 0 aliphatic heterocycles. The maximum absolute atomic E-state index is 11.9. The van der Waals surface area contributed by atoms with Crippen LogP contribution in [0.15, 0.2) is 18.2 Å². The number of carbonyl (C=O) groups is 1. The van der Waals surface area contributed by atoms with E-state index in [-0.39, 0.29) is 24.6 Å². The van der Waals surface area contributed by atoms with Gasteiger partial charge in [-0.2, -0.15) is 0 Å². The van der Waals surface area contributed by atoms with Crippen molar-refractivity contribution in [2.75, 3.05) is 20.8 Å². The van der Waals surface area contributed by atoms with E-state index in [1.165, 1.54) is 0 Å². The topological polar surface area (TPSA) is 64.8 Å². The normalized spacial score (nSPS) is 12.2. The van der Waals surface area contributed by atoms with Crippen molar-refractivity contribution in [3.63, 3.8) is 0 Å². The highest BCUT2D eigenvalue weighted by Gasteiger charge is 2.14. The molecule has 5 heteroatoms. The lowest BCUT2D eigenvalue weighted by molar-refractivity contribution is -0.133. The second-order valence-corrected chi connectivity index (χ2v) is 5.09. The molecule has 0 saturated carbocycles. The summed E-state index contributed by atoms with van der Waals surface area (Å²) < 4.78 is 10.8. The molecule has 0 saturated heterocycles. The molecule has 0 fully saturated rings. The molecule has 0 aromatic heterocycles. The largest absolute Gasteiger partial charge is 0.493 e. The third-order valence-corrected chi connectivity index (χ3v) is 3.23. The molecule has 0 radical (unpaired) electrons. The summed E-state index contributed by atoms with van der Waals surface area (Å²) in [4.78, 5) is 13.5. The van der Waals surface area contributed by atoms with E-state index >= 15 is 0 Å². The minimum atomic E-state index is -0.0772. The van der Waals surface area contributed by atoms with Gasteiger partial charge in [-0.15, -0.1) is 0 Å². The van der Waals surface area contributed by atoms with Crippen LogP contribution in [-0.4, -0.2) is 37.6 Å². The maximum atomic E-state index is 11.9. The predicted octanol–water partition coefficient (Wildman–Crippen LogP) is 1.96. The van der Waals surface area contributed by atoms with Gasteiger partial charge in [0.05, 0.1) is 7.11 Å². The Kier molecular flexibility index (Phi) is 5.82. The summed E-state index contributed by atoms with van der Waals surface area (Å²) in [5.74, 6) is 1.06. The lowest BCUT2D eigenvalue weighted by Gasteiger charge is -2.21. The van der Waals surface area contributed by atoms with Gasteiger partial charge >= 0.3 is 0 Å². The Balaban J connectivity index is 2.75. The fraction of sp³-hybridized carbons (Fsp3) is 0.533. The quantitative estimate of drug-likeness (QED) is 0.865. The molecule has 2 N–H and O–H groups in total. The van der Waals surface area contributed by atoms with Gasteiger partial charge in [-0.25, -0.2) is 0 Å². The third kappa shape index (κ3) is 4.13. The number of nitrogens with zero attached hydrogens (tertiary/aromatic N) is 1. The third-order valence-electron chi connectivity index (χ3n) is 3.23. The van der Waals surface area contributed by atoms with Gasteiger partial charge in [0.1, 0.15) is 0 Å². The molecule has 0 aliphatic rings. The number of likely N-dealkylation sites (N-methyl/N-ethyl adjacent to an activating group) is 1. The highest BCUT2D eigenvalue weighted by Crippen LogP contribution is 2.29. The first-order chi connectivity index (χ1) is 9.36. The van der Waals surface area contributed by atoms with Gasteiger partial charge in [-0.1, -0.05) is 6.07 Å². The summed E-state index contributed by atoms with van der Waals surface area (Å²) >= 11 is 0. The second-order valence-electron chi connectivity index (χ2n) is 5.09. The number of hydrogen-bond donors (Lipinski definition) is 1. The first kappa shape index (κ1) is 16.3. The Morgan fingerprint density at radius 3 is 2.45 bits per heavy atom. The van der Waals surface area contributed by atoms with Crippen LogP contribution in [0.25, 0.3) is 0 Å². The molecule has 0 bridgehead atoms. The van der Waals surface area contributed by atoms with E-state index in [9.17, 15) is 4.79 Å². The molecule has 1 amide bonds. The van der Waals surface area contributed by atoms with Crippen molar-refractivity contribution >= 4 is 5.91 Å². The zero-order chi connectivity index (χ0) is 15.3. The number of methoxy groups -OCH3 is 1. The standard InChI is InChI=1S/C15H24N2O3/c1-10(2)17(4)15(18)9-20-13-7-6-12(11(3)16)8-14(13)19-5/h6-8,10-11H,9,16H2,1-5H3/t11-/m1/s1. The van der Waals surface area contributed by atoms with Crippen molar-refractivity contribution in [2.24, 2.45) is 5.73 Å². The van der Waals surface area contributed by atoms with Crippen molar-refractivity contribution in [2.45, 2.75) is 32.9 Å². The van der Waals surface area contributed by atoms with E-state index in [1.54, 1.807) is 25.1 Å². The monoisotopic (exact) mass is 280 g/mol. The van der Waals surface area contributed by atoms with Crippen LogP contribution in [0.5, 0.6) is 11.5 Å². The smallest absolute Gasteiger partial charge is 0.260 e. The van der Waals surface area contributed by atoms with Crippen LogP contribution in [0.3, 0.4) is 0 Å². The average Bonchev–Trinajstić information content (AvgIpc) is 2.43. The zero-order valence-corrected chi connectivity index (χ0v) is 12.8. The first-order valence-electron chi connectivity index (χ1n) is 6.68. The summed E-state index contributed by atoms with van der Waals surface area (Å²) in [6.45, 7) is 5.80. The molecule has 1 rings (SSSR count). The van der Waals surface area contributed by atoms with Crippen LogP contribution in [0, 0.1) is 0 Å². The lowest BCUT2D eigenvalue weighted by Crippen LogP contribution is -2.36. The average molecular weight is 280 g/mol. The van der Waals surface area contributed by atoms with Crippen molar-refractivity contribution in [1.29, 1.82) is 0 Å². The number of rotatable bonds is 6. The molecule has 0 unspecified atom stereocenters. The molecule has 0 spiro atoms. The van der Waals surface area contributed by atoms with E-state index < -0.39 is 0 Å². The molecule has 0 aliphatic carbocycles. The van der Waals surface area contributed by atoms with Crippen molar-refractivity contribution in [3.8, 4) is 11.5 Å². The Morgan fingerprint density at radius 2 is 1.95 bits per heavy atom. The Bertz CT molecular complexity index is 458. The Hall–Kier alpha value is -1.75. The van der Waals surface area contributed by atoms with E-state index in [1.807, 2.05) is 32.9 Å². The SMILES string of the molecule is COc1cc([C@@H](C)N)ccc1OCC(=O)N(C)C(C)C. The Morgan fingerprint density at radius 1 is 1.30 bits per heavy atom. The zero-order valence-electron chi connectivity index (χ0n) is 12.8. The van der Waals surface area contributed by atoms with Crippen molar-refractivity contribution in [3.05, 3.63) is 23.8 Å². The van der Waals surface area contributed by atoms with Gasteiger partial charge in [0.2, 0.25) is 0 Å². The minimum Gasteiger partial charge on any atom is -0.493 e. The molecule has 1 aromatic carbocycles. The van der Waals surface area contributed by atoms with Gasteiger partial charge < -0.3 is 20.1 Å². The van der Waals surface area contributed by atoms with Gasteiger partial charge in [0.25, 0.3) is 5.91 Å². The highest BCUT2D eigenvalue weighted by atomic mass is 16.5. The maximum Gasteiger partial charge on any atom is 0.260 e. The predicted molar refractivity (Wildman–Crippen MR) is 79.0 cm³/mol. The van der Waals surface area contributed by atoms with Crippen LogP contribution < -0.4 is 15.2 Å². The number of hydrogen-bond acceptors (Lipinski definition) is 4. The molecular formula is C15H24N2O3. The fourth-order valence-corrected chi connectivity index (χ4v) is 1.62. The molecule has 1 aromatic rings. The molecule has 5 nitrogen and oxygen atoms in total. The second kappa shape index (κ2) is 7.14. The number of nitrogens with two attached hydrogens (primary N) is 1. The number of ether oxygens (including phenoxy) is 2. The summed E-state index contributed by atoms with van der Waals surface area (Å²) in [6, 6.07) is 5.55. The van der Waals surface area contributed by atoms with Crippen LogP contribution in [0.2, 0.25) is 0 Å². The first-order valence-corrected chi connectivity index (χ1v) is 6.68. The minimum absolute atomic E-state index is 0.0113. The summed E-state index contributed by atoms with van der Waals surface area (Å²) in [6.07, 6.45) is 0. The number of benzene rings is 1. The molecule has 112 valence electrons. The summed E-state index contributed by atoms with van der Waals surface area (Å²) in [5, 5.41) is 0. The van der Waals surface area contributed by atoms with Gasteiger partial charge in [0, 0.05) is 19.1 Å². The van der Waals surface area contributed by atoms with Crippen LogP contribution >= 0.6 is 0 Å². The van der Waals surface area contributed by atoms with Gasteiger partial charge in [-0.3, -0.25) is 4.79 Å². The summed E-state index contributed by atoms with van der Waals surface area (Å²) in [5.41, 5.74) is 6.78. The van der Waals surface area contributed by atoms with Crippen molar-refractivity contribution < 1.29 is 14.3 Å². The number of amides is 1. The molecule has 1 atom stereocenters. The van der Waals surface area contributed by atoms with Gasteiger partial charge in [-0.05, 0) is 38.5 Å². The summed E-state index contributed by atoms with van der Waals surface area (Å²) in [7, 11) is 3.32. The van der Waals surface area contributed by atoms with E-state index in [2.05, 4.69) is 0 Å². The van der Waals surface area contributed by atoms with Crippen LogP contribution in [-0.2, 0) is 4.79 Å². The number of carbonyl (C=O) groups excluding carboxylic acids is 1. The van der Waals surface area contributed by atoms with Crippen LogP contribution in [0.1, 0.15) is 32.4 Å². The van der Waals surface area contributed by atoms with Crippen molar-refractivity contribution in [1.82, 2.24) is 4.90 Å². The van der Waals surface area contributed by atoms with E-state index in [4.69, 9.17) is 15.2 Å². The van der Waals surface area contributed by atoms with E-state index in [0.29, 0.717) is 11.5 Å².